The van der Waals surface area contributed by atoms with Crippen LogP contribution in [0.2, 0.25) is 10.0 Å². The van der Waals surface area contributed by atoms with Gasteiger partial charge in [-0.1, -0.05) is 30.1 Å². The van der Waals surface area contributed by atoms with E-state index in [2.05, 4.69) is 10.3 Å². The van der Waals surface area contributed by atoms with E-state index in [0.717, 1.165) is 0 Å². The quantitative estimate of drug-likeness (QED) is 0.781. The van der Waals surface area contributed by atoms with Gasteiger partial charge in [-0.25, -0.2) is 4.98 Å². The van der Waals surface area contributed by atoms with Crippen LogP contribution in [0, 0.1) is 0 Å². The topological polar surface area (TPSA) is 71.2 Å². The highest BCUT2D eigenvalue weighted by Crippen LogP contribution is 2.27. The number of nitrogen functional groups attached to an aromatic ring is 1. The number of pyridine rings is 1. The lowest BCUT2D eigenvalue weighted by Crippen LogP contribution is -2.32. The monoisotopic (exact) mass is 263 g/mol. The molecule has 0 spiro atoms. The molecule has 0 aromatic carbocycles. The van der Waals surface area contributed by atoms with Crippen molar-refractivity contribution in [3.05, 3.63) is 16.1 Å². The average Bonchev–Trinajstić information content (AvgIpc) is 2.22. The Balaban J connectivity index is 2.79. The van der Waals surface area contributed by atoms with Crippen LogP contribution in [0.5, 0.6) is 0 Å². The summed E-state index contributed by atoms with van der Waals surface area (Å²) >= 11 is 11.7. The minimum atomic E-state index is -0.806. The maximum absolute atomic E-state index is 9.81. The highest BCUT2D eigenvalue weighted by molar-refractivity contribution is 6.37. The Labute approximate surface area is 105 Å². The molecule has 0 amide bonds. The van der Waals surface area contributed by atoms with Crippen molar-refractivity contribution in [1.82, 2.24) is 4.98 Å². The molecule has 16 heavy (non-hydrogen) atoms. The van der Waals surface area contributed by atoms with Crippen molar-refractivity contribution in [2.75, 3.05) is 17.6 Å². The molecule has 0 aliphatic heterocycles. The van der Waals surface area contributed by atoms with Gasteiger partial charge in [0.25, 0.3) is 0 Å². The zero-order chi connectivity index (χ0) is 12.3. The van der Waals surface area contributed by atoms with Gasteiger partial charge in [0.1, 0.15) is 11.6 Å². The molecule has 1 rings (SSSR count). The van der Waals surface area contributed by atoms with Gasteiger partial charge >= 0.3 is 0 Å². The molecule has 0 saturated carbocycles. The zero-order valence-electron chi connectivity index (χ0n) is 9.22. The second kappa shape index (κ2) is 5.08. The van der Waals surface area contributed by atoms with E-state index in [9.17, 15) is 5.11 Å². The molecule has 0 bridgehead atoms. The maximum Gasteiger partial charge on any atom is 0.147 e. The van der Waals surface area contributed by atoms with Crippen molar-refractivity contribution in [2.24, 2.45) is 0 Å². The second-order valence-corrected chi connectivity index (χ2v) is 4.70. The molecule has 6 heteroatoms. The lowest BCUT2D eigenvalue weighted by Gasteiger charge is -2.22. The Hall–Kier alpha value is -0.710. The molecule has 0 aliphatic rings. The SMILES string of the molecule is CCC(C)(O)CNc1nc(N)c(Cl)cc1Cl. The van der Waals surface area contributed by atoms with Crippen molar-refractivity contribution in [2.45, 2.75) is 25.9 Å². The minimum Gasteiger partial charge on any atom is -0.388 e. The van der Waals surface area contributed by atoms with Crippen LogP contribution in [0.25, 0.3) is 0 Å². The van der Waals surface area contributed by atoms with Crippen LogP contribution in [0.1, 0.15) is 20.3 Å². The molecule has 4 nitrogen and oxygen atoms in total. The van der Waals surface area contributed by atoms with Crippen molar-refractivity contribution in [1.29, 1.82) is 0 Å². The third kappa shape index (κ3) is 3.40. The standard InChI is InChI=1S/C10H15Cl2N3O/c1-3-10(2,16)5-14-9-7(12)4-6(11)8(13)15-9/h4,16H,3,5H2,1-2H3,(H3,13,14,15). The van der Waals surface area contributed by atoms with Gasteiger partial charge in [-0.05, 0) is 19.4 Å². The van der Waals surface area contributed by atoms with Crippen LogP contribution in [0.4, 0.5) is 11.6 Å². The molecule has 0 aliphatic carbocycles. The summed E-state index contributed by atoms with van der Waals surface area (Å²) < 4.78 is 0. The molecule has 1 aromatic rings. The van der Waals surface area contributed by atoms with E-state index in [4.69, 9.17) is 28.9 Å². The minimum absolute atomic E-state index is 0.213. The van der Waals surface area contributed by atoms with Gasteiger partial charge in [0, 0.05) is 6.54 Å². The van der Waals surface area contributed by atoms with Gasteiger partial charge in [0.2, 0.25) is 0 Å². The first-order chi connectivity index (χ1) is 7.35. The number of aromatic nitrogens is 1. The number of anilines is 2. The number of nitrogens with zero attached hydrogens (tertiary/aromatic N) is 1. The van der Waals surface area contributed by atoms with Crippen LogP contribution in [-0.4, -0.2) is 22.2 Å². The van der Waals surface area contributed by atoms with E-state index in [1.807, 2.05) is 6.92 Å². The van der Waals surface area contributed by atoms with E-state index < -0.39 is 5.60 Å². The number of halogens is 2. The summed E-state index contributed by atoms with van der Waals surface area (Å²) in [5, 5.41) is 13.4. The van der Waals surface area contributed by atoms with E-state index >= 15 is 0 Å². The summed E-state index contributed by atoms with van der Waals surface area (Å²) in [4.78, 5) is 4.00. The Morgan fingerprint density at radius 1 is 1.50 bits per heavy atom. The first kappa shape index (κ1) is 13.4. The number of hydrogen-bond acceptors (Lipinski definition) is 4. The Morgan fingerprint density at radius 2 is 2.12 bits per heavy atom. The molecule has 90 valence electrons. The Morgan fingerprint density at radius 3 is 2.69 bits per heavy atom. The van der Waals surface area contributed by atoms with Gasteiger partial charge in [0.05, 0.1) is 15.6 Å². The predicted molar refractivity (Wildman–Crippen MR) is 68.1 cm³/mol. The summed E-state index contributed by atoms with van der Waals surface area (Å²) in [6.45, 7) is 3.97. The van der Waals surface area contributed by atoms with Gasteiger partial charge in [0.15, 0.2) is 0 Å². The fourth-order valence-electron chi connectivity index (χ4n) is 1.00. The zero-order valence-corrected chi connectivity index (χ0v) is 10.7. The van der Waals surface area contributed by atoms with Crippen LogP contribution in [0.3, 0.4) is 0 Å². The maximum atomic E-state index is 9.81. The average molecular weight is 264 g/mol. The third-order valence-electron chi connectivity index (χ3n) is 2.35. The van der Waals surface area contributed by atoms with Crippen molar-refractivity contribution < 1.29 is 5.11 Å². The molecular formula is C10H15Cl2N3O. The van der Waals surface area contributed by atoms with Crippen molar-refractivity contribution in [3.8, 4) is 0 Å². The molecule has 1 atom stereocenters. The number of nitrogens with one attached hydrogen (secondary N) is 1. The third-order valence-corrected chi connectivity index (χ3v) is 2.95. The molecule has 0 radical (unpaired) electrons. The summed E-state index contributed by atoms with van der Waals surface area (Å²) in [6.07, 6.45) is 0.626. The number of aliphatic hydroxyl groups is 1. The fraction of sp³-hybridized carbons (Fsp3) is 0.500. The summed E-state index contributed by atoms with van der Waals surface area (Å²) in [5.74, 6) is 0.641. The molecule has 0 saturated heterocycles. The summed E-state index contributed by atoms with van der Waals surface area (Å²) in [7, 11) is 0. The van der Waals surface area contributed by atoms with Crippen LogP contribution >= 0.6 is 23.2 Å². The molecular weight excluding hydrogens is 249 g/mol. The first-order valence-electron chi connectivity index (χ1n) is 4.93. The number of rotatable bonds is 4. The largest absolute Gasteiger partial charge is 0.388 e. The fourth-order valence-corrected chi connectivity index (χ4v) is 1.43. The van der Waals surface area contributed by atoms with E-state index in [1.165, 1.54) is 6.07 Å². The van der Waals surface area contributed by atoms with Gasteiger partial charge in [-0.15, -0.1) is 0 Å². The highest BCUT2D eigenvalue weighted by atomic mass is 35.5. The Kier molecular flexibility index (Phi) is 4.24. The molecule has 4 N–H and O–H groups in total. The first-order valence-corrected chi connectivity index (χ1v) is 5.69. The lowest BCUT2D eigenvalue weighted by molar-refractivity contribution is 0.0696. The smallest absolute Gasteiger partial charge is 0.147 e. The predicted octanol–water partition coefficient (Wildman–Crippen LogP) is 2.54. The molecule has 0 fully saturated rings. The van der Waals surface area contributed by atoms with Gasteiger partial charge < -0.3 is 16.2 Å². The van der Waals surface area contributed by atoms with Crippen LogP contribution in [0.15, 0.2) is 6.07 Å². The summed E-state index contributed by atoms with van der Waals surface area (Å²) in [5.41, 5.74) is 4.75. The lowest BCUT2D eigenvalue weighted by atomic mass is 10.0. The van der Waals surface area contributed by atoms with Gasteiger partial charge in [-0.2, -0.15) is 0 Å². The normalized spacial score (nSPS) is 14.6. The number of nitrogens with two attached hydrogens (primary N) is 1. The molecule has 1 unspecified atom stereocenters. The summed E-state index contributed by atoms with van der Waals surface area (Å²) in [6, 6.07) is 1.52. The molecule has 1 aromatic heterocycles. The highest BCUT2D eigenvalue weighted by Gasteiger charge is 2.18. The van der Waals surface area contributed by atoms with Crippen LogP contribution < -0.4 is 11.1 Å². The van der Waals surface area contributed by atoms with Crippen molar-refractivity contribution in [3.63, 3.8) is 0 Å². The van der Waals surface area contributed by atoms with Crippen LogP contribution in [-0.2, 0) is 0 Å². The number of hydrogen-bond donors (Lipinski definition) is 3. The Bertz CT molecular complexity index is 383. The van der Waals surface area contributed by atoms with E-state index in [-0.39, 0.29) is 5.82 Å². The van der Waals surface area contributed by atoms with E-state index in [0.29, 0.717) is 28.8 Å². The molecule has 1 heterocycles. The van der Waals surface area contributed by atoms with Crippen molar-refractivity contribution >= 4 is 34.8 Å². The second-order valence-electron chi connectivity index (χ2n) is 3.89. The van der Waals surface area contributed by atoms with Gasteiger partial charge in [-0.3, -0.25) is 0 Å². The van der Waals surface area contributed by atoms with E-state index in [1.54, 1.807) is 6.92 Å².